The molecule has 0 radical (unpaired) electrons. The molecule has 2 nitrogen and oxygen atoms in total. The molecule has 0 atom stereocenters. The molecule has 1 aromatic rings. The first kappa shape index (κ1) is 9.07. The van der Waals surface area contributed by atoms with E-state index in [-0.39, 0.29) is 0 Å². The van der Waals surface area contributed by atoms with Crippen LogP contribution in [0.1, 0.15) is 25.5 Å². The van der Waals surface area contributed by atoms with E-state index in [4.69, 9.17) is 10.2 Å². The summed E-state index contributed by atoms with van der Waals surface area (Å²) in [5.74, 6) is 0.964. The van der Waals surface area contributed by atoms with Gasteiger partial charge in [-0.15, -0.1) is 0 Å². The molecule has 2 heteroatoms. The lowest BCUT2D eigenvalue weighted by Crippen LogP contribution is -1.96. The highest BCUT2D eigenvalue weighted by molar-refractivity contribution is 5.60. The first-order chi connectivity index (χ1) is 5.88. The van der Waals surface area contributed by atoms with Crippen molar-refractivity contribution in [3.05, 3.63) is 30.2 Å². The van der Waals surface area contributed by atoms with Gasteiger partial charge < -0.3 is 10.2 Å². The van der Waals surface area contributed by atoms with Crippen molar-refractivity contribution in [2.24, 2.45) is 5.73 Å². The van der Waals surface area contributed by atoms with Crippen LogP contribution < -0.4 is 5.73 Å². The summed E-state index contributed by atoms with van der Waals surface area (Å²) in [6, 6.07) is 3.88. The monoisotopic (exact) mass is 165 g/mol. The lowest BCUT2D eigenvalue weighted by molar-refractivity contribution is 0.550. The highest BCUT2D eigenvalue weighted by Crippen LogP contribution is 2.18. The molecule has 0 spiro atoms. The van der Waals surface area contributed by atoms with E-state index >= 15 is 0 Å². The normalized spacial score (nSPS) is 12.0. The predicted molar refractivity (Wildman–Crippen MR) is 50.6 cm³/mol. The zero-order chi connectivity index (χ0) is 8.81. The minimum absolute atomic E-state index is 0.699. The number of hydrogen-bond acceptors (Lipinski definition) is 2. The maximum Gasteiger partial charge on any atom is 0.129 e. The minimum Gasteiger partial charge on any atom is -0.465 e. The second kappa shape index (κ2) is 4.78. The lowest BCUT2D eigenvalue weighted by Gasteiger charge is -1.98. The van der Waals surface area contributed by atoms with Crippen molar-refractivity contribution in [3.8, 4) is 0 Å². The molecule has 1 heterocycles. The second-order valence-corrected chi connectivity index (χ2v) is 2.64. The summed E-state index contributed by atoms with van der Waals surface area (Å²) in [7, 11) is 0. The Labute approximate surface area is 73.1 Å². The molecule has 0 aliphatic heterocycles. The third kappa shape index (κ3) is 2.24. The van der Waals surface area contributed by atoms with Gasteiger partial charge in [-0.05, 0) is 37.1 Å². The molecule has 0 saturated heterocycles. The zero-order valence-electron chi connectivity index (χ0n) is 7.42. The molecule has 66 valence electrons. The standard InChI is InChI=1S/C10H15NO/c1-2-9(5-3-7-11)10-6-4-8-12-10/h4-6,8H,2-3,7,11H2,1H3. The van der Waals surface area contributed by atoms with Crippen LogP contribution in [0.4, 0.5) is 0 Å². The van der Waals surface area contributed by atoms with Gasteiger partial charge in [-0.2, -0.15) is 0 Å². The van der Waals surface area contributed by atoms with E-state index in [0.717, 1.165) is 18.6 Å². The van der Waals surface area contributed by atoms with Gasteiger partial charge in [0.1, 0.15) is 5.76 Å². The van der Waals surface area contributed by atoms with Crippen LogP contribution in [0.5, 0.6) is 0 Å². The molecule has 12 heavy (non-hydrogen) atoms. The summed E-state index contributed by atoms with van der Waals surface area (Å²) in [6.07, 6.45) is 5.75. The van der Waals surface area contributed by atoms with E-state index < -0.39 is 0 Å². The Balaban J connectivity index is 2.69. The van der Waals surface area contributed by atoms with Crippen molar-refractivity contribution >= 4 is 5.57 Å². The molecule has 2 N–H and O–H groups in total. The first-order valence-corrected chi connectivity index (χ1v) is 4.31. The SMILES string of the molecule is CCC(=CCCN)c1ccco1. The van der Waals surface area contributed by atoms with E-state index in [1.807, 2.05) is 12.1 Å². The fourth-order valence-corrected chi connectivity index (χ4v) is 1.14. The second-order valence-electron chi connectivity index (χ2n) is 2.64. The molecule has 1 rings (SSSR count). The van der Waals surface area contributed by atoms with Gasteiger partial charge in [0.05, 0.1) is 6.26 Å². The average molecular weight is 165 g/mol. The van der Waals surface area contributed by atoms with Gasteiger partial charge in [-0.25, -0.2) is 0 Å². The topological polar surface area (TPSA) is 39.2 Å². The maximum atomic E-state index is 5.41. The molecule has 1 aromatic heterocycles. The number of rotatable bonds is 4. The number of allylic oxidation sites excluding steroid dienone is 1. The smallest absolute Gasteiger partial charge is 0.129 e. The molecule has 0 fully saturated rings. The Morgan fingerprint density at radius 2 is 2.50 bits per heavy atom. The van der Waals surface area contributed by atoms with Crippen molar-refractivity contribution in [2.75, 3.05) is 6.54 Å². The largest absolute Gasteiger partial charge is 0.465 e. The molecular formula is C10H15NO. The molecule has 0 amide bonds. The fraction of sp³-hybridized carbons (Fsp3) is 0.400. The van der Waals surface area contributed by atoms with Crippen LogP contribution in [0, 0.1) is 0 Å². The van der Waals surface area contributed by atoms with E-state index in [1.165, 1.54) is 5.57 Å². The van der Waals surface area contributed by atoms with Crippen molar-refractivity contribution in [1.82, 2.24) is 0 Å². The summed E-state index contributed by atoms with van der Waals surface area (Å²) < 4.78 is 5.27. The van der Waals surface area contributed by atoms with E-state index in [2.05, 4.69) is 13.0 Å². The third-order valence-electron chi connectivity index (χ3n) is 1.78. The number of furan rings is 1. The van der Waals surface area contributed by atoms with Gasteiger partial charge >= 0.3 is 0 Å². The molecule has 0 aliphatic rings. The van der Waals surface area contributed by atoms with Crippen molar-refractivity contribution in [2.45, 2.75) is 19.8 Å². The Hall–Kier alpha value is -1.02. The van der Waals surface area contributed by atoms with Gasteiger partial charge in [-0.1, -0.05) is 13.0 Å². The Morgan fingerprint density at radius 3 is 3.00 bits per heavy atom. The summed E-state index contributed by atoms with van der Waals surface area (Å²) >= 11 is 0. The summed E-state index contributed by atoms with van der Waals surface area (Å²) in [5, 5.41) is 0. The van der Waals surface area contributed by atoms with Gasteiger partial charge in [0.15, 0.2) is 0 Å². The van der Waals surface area contributed by atoms with Crippen LogP contribution >= 0.6 is 0 Å². The van der Waals surface area contributed by atoms with Crippen molar-refractivity contribution < 1.29 is 4.42 Å². The van der Waals surface area contributed by atoms with Crippen LogP contribution in [0.25, 0.3) is 5.57 Å². The lowest BCUT2D eigenvalue weighted by atomic mass is 10.1. The Kier molecular flexibility index (Phi) is 3.61. The van der Waals surface area contributed by atoms with Crippen LogP contribution in [0.15, 0.2) is 28.9 Å². The summed E-state index contributed by atoms with van der Waals surface area (Å²) in [6.45, 7) is 2.81. The molecule has 0 unspecified atom stereocenters. The highest BCUT2D eigenvalue weighted by Gasteiger charge is 1.99. The zero-order valence-corrected chi connectivity index (χ0v) is 7.42. The number of nitrogens with two attached hydrogens (primary N) is 1. The van der Waals surface area contributed by atoms with Crippen LogP contribution in [-0.4, -0.2) is 6.54 Å². The average Bonchev–Trinajstić information content (AvgIpc) is 2.59. The van der Waals surface area contributed by atoms with Gasteiger partial charge in [-0.3, -0.25) is 0 Å². The fourth-order valence-electron chi connectivity index (χ4n) is 1.14. The van der Waals surface area contributed by atoms with Gasteiger partial charge in [0.2, 0.25) is 0 Å². The molecular weight excluding hydrogens is 150 g/mol. The Bertz CT molecular complexity index is 236. The predicted octanol–water partition coefficient (Wildman–Crippen LogP) is 2.42. The van der Waals surface area contributed by atoms with E-state index in [9.17, 15) is 0 Å². The maximum absolute atomic E-state index is 5.41. The molecule has 0 bridgehead atoms. The van der Waals surface area contributed by atoms with Crippen LogP contribution in [-0.2, 0) is 0 Å². The van der Waals surface area contributed by atoms with Gasteiger partial charge in [0, 0.05) is 0 Å². The van der Waals surface area contributed by atoms with Crippen LogP contribution in [0.2, 0.25) is 0 Å². The summed E-state index contributed by atoms with van der Waals surface area (Å²) in [4.78, 5) is 0. The Morgan fingerprint density at radius 1 is 1.67 bits per heavy atom. The minimum atomic E-state index is 0.699. The van der Waals surface area contributed by atoms with Crippen molar-refractivity contribution in [1.29, 1.82) is 0 Å². The van der Waals surface area contributed by atoms with Crippen molar-refractivity contribution in [3.63, 3.8) is 0 Å². The van der Waals surface area contributed by atoms with Gasteiger partial charge in [0.25, 0.3) is 0 Å². The number of hydrogen-bond donors (Lipinski definition) is 1. The van der Waals surface area contributed by atoms with E-state index in [1.54, 1.807) is 6.26 Å². The highest BCUT2D eigenvalue weighted by atomic mass is 16.3. The molecule has 0 aliphatic carbocycles. The summed E-state index contributed by atoms with van der Waals surface area (Å²) in [5.41, 5.74) is 6.65. The van der Waals surface area contributed by atoms with E-state index in [0.29, 0.717) is 6.54 Å². The quantitative estimate of drug-likeness (QED) is 0.744. The third-order valence-corrected chi connectivity index (χ3v) is 1.78. The first-order valence-electron chi connectivity index (χ1n) is 4.31. The molecule has 0 aromatic carbocycles. The molecule has 0 saturated carbocycles. The van der Waals surface area contributed by atoms with Crippen LogP contribution in [0.3, 0.4) is 0 Å².